The first-order valence-corrected chi connectivity index (χ1v) is 17.3. The van der Waals surface area contributed by atoms with Crippen LogP contribution in [0.25, 0.3) is 90.0 Å². The Labute approximate surface area is 302 Å². The molecule has 0 radical (unpaired) electrons. The smallest absolute Gasteiger partial charge is 0.164 e. The number of fused-ring (bicyclic) bond motifs is 1. The molecule has 244 valence electrons. The zero-order chi connectivity index (χ0) is 34.7. The van der Waals surface area contributed by atoms with E-state index in [2.05, 4.69) is 91.0 Å². The highest BCUT2D eigenvalue weighted by atomic mass is 15.0. The number of hydrogen-bond donors (Lipinski definition) is 0. The minimum atomic E-state index is 0.619. The van der Waals surface area contributed by atoms with Crippen LogP contribution in [0.15, 0.2) is 188 Å². The van der Waals surface area contributed by atoms with E-state index in [1.807, 2.05) is 97.1 Å². The summed E-state index contributed by atoms with van der Waals surface area (Å²) in [5, 5.41) is 2.30. The molecule has 0 aliphatic heterocycles. The van der Waals surface area contributed by atoms with Gasteiger partial charge in [0.15, 0.2) is 23.3 Å². The van der Waals surface area contributed by atoms with Crippen molar-refractivity contribution in [2.45, 2.75) is 0 Å². The highest BCUT2D eigenvalue weighted by molar-refractivity contribution is 6.04. The normalized spacial score (nSPS) is 11.1. The Morgan fingerprint density at radius 1 is 0.269 bits per heavy atom. The molecule has 9 aromatic rings. The Morgan fingerprint density at radius 2 is 0.673 bits per heavy atom. The quantitative estimate of drug-likeness (QED) is 0.169. The maximum Gasteiger partial charge on any atom is 0.164 e. The fraction of sp³-hybridized carbons (Fsp3) is 0. The molecule has 0 unspecified atom stereocenters. The monoisotopic (exact) mass is 665 g/mol. The van der Waals surface area contributed by atoms with Crippen LogP contribution in [-0.4, -0.2) is 24.9 Å². The topological polar surface area (TPSA) is 64.5 Å². The van der Waals surface area contributed by atoms with Crippen molar-refractivity contribution in [3.8, 4) is 79.2 Å². The molecule has 2 heterocycles. The van der Waals surface area contributed by atoms with Crippen molar-refractivity contribution in [3.05, 3.63) is 188 Å². The number of hydrogen-bond acceptors (Lipinski definition) is 5. The van der Waals surface area contributed by atoms with Gasteiger partial charge in [-0.25, -0.2) is 24.9 Å². The lowest BCUT2D eigenvalue weighted by Crippen LogP contribution is -2.00. The number of nitrogens with zero attached hydrogens (tertiary/aromatic N) is 5. The van der Waals surface area contributed by atoms with E-state index in [1.165, 1.54) is 0 Å². The Hall–Kier alpha value is -7.11. The third kappa shape index (κ3) is 6.12. The maximum absolute atomic E-state index is 5.20. The average Bonchev–Trinajstić information content (AvgIpc) is 3.24. The number of aromatic nitrogens is 5. The van der Waals surface area contributed by atoms with Gasteiger partial charge in [0.1, 0.15) is 0 Å². The molecule has 0 spiro atoms. The van der Waals surface area contributed by atoms with Gasteiger partial charge in [0.05, 0.1) is 11.4 Å². The third-order valence-electron chi connectivity index (χ3n) is 9.16. The summed E-state index contributed by atoms with van der Waals surface area (Å²) in [4.78, 5) is 25.0. The van der Waals surface area contributed by atoms with Crippen LogP contribution >= 0.6 is 0 Å². The summed E-state index contributed by atoms with van der Waals surface area (Å²) in [5.74, 6) is 2.58. The predicted octanol–water partition coefficient (Wildman–Crippen LogP) is 11.5. The van der Waals surface area contributed by atoms with Crippen molar-refractivity contribution in [1.82, 2.24) is 24.9 Å². The molecule has 0 saturated heterocycles. The van der Waals surface area contributed by atoms with Crippen molar-refractivity contribution in [2.24, 2.45) is 0 Å². The highest BCUT2D eigenvalue weighted by Gasteiger charge is 2.18. The fourth-order valence-electron chi connectivity index (χ4n) is 6.58. The summed E-state index contributed by atoms with van der Waals surface area (Å²) in [5.41, 5.74) is 9.72. The van der Waals surface area contributed by atoms with Crippen LogP contribution < -0.4 is 0 Å². The third-order valence-corrected chi connectivity index (χ3v) is 9.16. The lowest BCUT2D eigenvalue weighted by atomic mass is 9.90. The van der Waals surface area contributed by atoms with Gasteiger partial charge in [-0.15, -0.1) is 0 Å². The molecular formula is C47H31N5. The average molecular weight is 666 g/mol. The summed E-state index contributed by atoms with van der Waals surface area (Å²) < 4.78 is 0. The molecule has 5 heteroatoms. The van der Waals surface area contributed by atoms with E-state index in [-0.39, 0.29) is 0 Å². The second-order valence-electron chi connectivity index (χ2n) is 12.5. The van der Waals surface area contributed by atoms with E-state index in [9.17, 15) is 0 Å². The van der Waals surface area contributed by atoms with Crippen molar-refractivity contribution in [2.75, 3.05) is 0 Å². The van der Waals surface area contributed by atoms with Gasteiger partial charge in [0.25, 0.3) is 0 Å². The second kappa shape index (κ2) is 13.7. The highest BCUT2D eigenvalue weighted by Crippen LogP contribution is 2.40. The van der Waals surface area contributed by atoms with Crippen LogP contribution in [0.3, 0.4) is 0 Å². The van der Waals surface area contributed by atoms with Crippen molar-refractivity contribution in [1.29, 1.82) is 0 Å². The number of rotatable bonds is 7. The standard InChI is InChI=1S/C47H31N5/c1-5-16-33(17-6-1)41-31-42(49-44(48-41)35-18-7-2-8-19-35)40-30-29-32-15-13-14-24-39(32)43(40)34-25-27-38(28-26-34)47-51-45(36-20-9-3-10-21-36)50-46(52-47)37-22-11-4-12-23-37/h1-31H. The first-order valence-electron chi connectivity index (χ1n) is 17.3. The Kier molecular flexibility index (Phi) is 8.12. The largest absolute Gasteiger partial charge is 0.228 e. The lowest BCUT2D eigenvalue weighted by molar-refractivity contribution is 1.07. The molecule has 9 rings (SSSR count). The fourth-order valence-corrected chi connectivity index (χ4v) is 6.58. The van der Waals surface area contributed by atoms with Gasteiger partial charge < -0.3 is 0 Å². The molecule has 0 aliphatic rings. The first kappa shape index (κ1) is 30.9. The van der Waals surface area contributed by atoms with E-state index in [4.69, 9.17) is 24.9 Å². The van der Waals surface area contributed by atoms with Crippen LogP contribution in [0.2, 0.25) is 0 Å². The molecule has 0 saturated carbocycles. The molecule has 52 heavy (non-hydrogen) atoms. The van der Waals surface area contributed by atoms with Crippen LogP contribution in [0.4, 0.5) is 0 Å². The van der Waals surface area contributed by atoms with Gasteiger partial charge >= 0.3 is 0 Å². The van der Waals surface area contributed by atoms with Gasteiger partial charge in [-0.05, 0) is 28.0 Å². The first-order chi connectivity index (χ1) is 25.8. The van der Waals surface area contributed by atoms with Crippen LogP contribution in [0.1, 0.15) is 0 Å². The molecule has 0 aliphatic carbocycles. The number of benzene rings is 7. The molecule has 0 atom stereocenters. The van der Waals surface area contributed by atoms with Crippen LogP contribution in [-0.2, 0) is 0 Å². The van der Waals surface area contributed by atoms with Gasteiger partial charge in [-0.2, -0.15) is 0 Å². The molecule has 0 bridgehead atoms. The van der Waals surface area contributed by atoms with E-state index >= 15 is 0 Å². The summed E-state index contributed by atoms with van der Waals surface area (Å²) in [6.07, 6.45) is 0. The zero-order valence-electron chi connectivity index (χ0n) is 28.1. The Balaban J connectivity index is 1.20. The summed E-state index contributed by atoms with van der Waals surface area (Å²) in [6, 6.07) is 64.1. The van der Waals surface area contributed by atoms with Gasteiger partial charge in [-0.1, -0.05) is 182 Å². The Bertz CT molecular complexity index is 2530. The maximum atomic E-state index is 5.20. The van der Waals surface area contributed by atoms with Crippen LogP contribution in [0, 0.1) is 0 Å². The van der Waals surface area contributed by atoms with Crippen molar-refractivity contribution < 1.29 is 0 Å². The minimum absolute atomic E-state index is 0.619. The summed E-state index contributed by atoms with van der Waals surface area (Å²) in [6.45, 7) is 0. The molecular weight excluding hydrogens is 635 g/mol. The minimum Gasteiger partial charge on any atom is -0.228 e. The summed E-state index contributed by atoms with van der Waals surface area (Å²) >= 11 is 0. The SMILES string of the molecule is c1ccc(-c2cc(-c3ccc4ccccc4c3-c3ccc(-c4nc(-c5ccccc5)nc(-c5ccccc5)n4)cc3)nc(-c3ccccc3)n2)cc1. The van der Waals surface area contributed by atoms with E-state index in [0.29, 0.717) is 23.3 Å². The molecule has 0 N–H and O–H groups in total. The summed E-state index contributed by atoms with van der Waals surface area (Å²) in [7, 11) is 0. The second-order valence-corrected chi connectivity index (χ2v) is 12.5. The molecule has 7 aromatic carbocycles. The lowest BCUT2D eigenvalue weighted by Gasteiger charge is -2.16. The van der Waals surface area contributed by atoms with Gasteiger partial charge in [0, 0.05) is 33.4 Å². The van der Waals surface area contributed by atoms with E-state index < -0.39 is 0 Å². The molecule has 0 amide bonds. The molecule has 5 nitrogen and oxygen atoms in total. The molecule has 2 aromatic heterocycles. The zero-order valence-corrected chi connectivity index (χ0v) is 28.1. The van der Waals surface area contributed by atoms with E-state index in [0.717, 1.165) is 66.7 Å². The molecule has 0 fully saturated rings. The van der Waals surface area contributed by atoms with Gasteiger partial charge in [-0.3, -0.25) is 0 Å². The predicted molar refractivity (Wildman–Crippen MR) is 211 cm³/mol. The van der Waals surface area contributed by atoms with E-state index in [1.54, 1.807) is 0 Å². The van der Waals surface area contributed by atoms with Crippen LogP contribution in [0.5, 0.6) is 0 Å². The van der Waals surface area contributed by atoms with Crippen molar-refractivity contribution >= 4 is 10.8 Å². The van der Waals surface area contributed by atoms with Gasteiger partial charge in [0.2, 0.25) is 0 Å². The Morgan fingerprint density at radius 3 is 1.21 bits per heavy atom. The van der Waals surface area contributed by atoms with Crippen molar-refractivity contribution in [3.63, 3.8) is 0 Å².